The minimum Gasteiger partial charge on any atom is -0.329 e. The predicted molar refractivity (Wildman–Crippen MR) is 36.2 cm³/mol. The molecule has 2 rings (SSSR count). The van der Waals surface area contributed by atoms with Crippen molar-refractivity contribution in [3.8, 4) is 0 Å². The molecule has 0 aromatic rings. The van der Waals surface area contributed by atoms with Crippen molar-refractivity contribution in [2.24, 2.45) is 5.73 Å². The number of piperazine rings is 1. The summed E-state index contributed by atoms with van der Waals surface area (Å²) in [7, 11) is 0. The molecule has 2 saturated heterocycles. The van der Waals surface area contributed by atoms with Crippen LogP contribution in [0.4, 0.5) is 0 Å². The molecule has 2 atom stereocenters. The van der Waals surface area contributed by atoms with Gasteiger partial charge in [-0.05, 0) is 6.42 Å². The molecule has 3 heteroatoms. The Labute approximate surface area is 55.0 Å². The Hall–Kier alpha value is -0.120. The molecule has 0 amide bonds. The quantitative estimate of drug-likeness (QED) is 0.408. The van der Waals surface area contributed by atoms with Gasteiger partial charge in [0.05, 0.1) is 0 Å². The number of hydrogen-bond donors (Lipinski definition) is 3. The lowest BCUT2D eigenvalue weighted by molar-refractivity contribution is 0.389. The maximum absolute atomic E-state index is 5.60. The van der Waals surface area contributed by atoms with Crippen LogP contribution in [0.2, 0.25) is 0 Å². The summed E-state index contributed by atoms with van der Waals surface area (Å²) in [4.78, 5) is 0. The highest BCUT2D eigenvalue weighted by Gasteiger charge is 2.43. The maximum atomic E-state index is 5.60. The zero-order valence-electron chi connectivity index (χ0n) is 5.48. The van der Waals surface area contributed by atoms with E-state index in [0.29, 0.717) is 6.04 Å². The average Bonchev–Trinajstić information content (AvgIpc) is 2.46. The third-order valence-corrected chi connectivity index (χ3v) is 2.48. The third-order valence-electron chi connectivity index (χ3n) is 2.48. The van der Waals surface area contributed by atoms with Crippen LogP contribution in [0.25, 0.3) is 0 Å². The van der Waals surface area contributed by atoms with Crippen molar-refractivity contribution in [2.75, 3.05) is 19.6 Å². The van der Waals surface area contributed by atoms with Crippen LogP contribution in [0.1, 0.15) is 6.42 Å². The molecule has 2 aliphatic rings. The van der Waals surface area contributed by atoms with Gasteiger partial charge in [-0.25, -0.2) is 0 Å². The Kier molecular flexibility index (Phi) is 1.06. The zero-order valence-corrected chi connectivity index (χ0v) is 5.48. The van der Waals surface area contributed by atoms with Crippen LogP contribution in [0.3, 0.4) is 0 Å². The van der Waals surface area contributed by atoms with E-state index in [1.54, 1.807) is 0 Å². The van der Waals surface area contributed by atoms with Gasteiger partial charge in [-0.2, -0.15) is 0 Å². The molecule has 0 aromatic heterocycles. The summed E-state index contributed by atoms with van der Waals surface area (Å²) in [5.74, 6) is 0. The third kappa shape index (κ3) is 0.689. The van der Waals surface area contributed by atoms with Gasteiger partial charge in [0, 0.05) is 31.2 Å². The van der Waals surface area contributed by atoms with Gasteiger partial charge in [0.25, 0.3) is 0 Å². The second-order valence-corrected chi connectivity index (χ2v) is 3.15. The summed E-state index contributed by atoms with van der Waals surface area (Å²) < 4.78 is 0. The average molecular weight is 127 g/mol. The molecule has 9 heavy (non-hydrogen) atoms. The summed E-state index contributed by atoms with van der Waals surface area (Å²) >= 11 is 0. The Morgan fingerprint density at radius 1 is 1.67 bits per heavy atom. The van der Waals surface area contributed by atoms with Crippen molar-refractivity contribution in [1.29, 1.82) is 0 Å². The highest BCUT2D eigenvalue weighted by molar-refractivity contribution is 5.07. The van der Waals surface area contributed by atoms with E-state index in [2.05, 4.69) is 10.6 Å². The first kappa shape index (κ1) is 5.65. The summed E-state index contributed by atoms with van der Waals surface area (Å²) in [5, 5.41) is 6.84. The fraction of sp³-hybridized carbons (Fsp3) is 1.00. The van der Waals surface area contributed by atoms with Crippen molar-refractivity contribution in [3.05, 3.63) is 0 Å². The van der Waals surface area contributed by atoms with Crippen molar-refractivity contribution in [1.82, 2.24) is 10.6 Å². The second kappa shape index (κ2) is 1.68. The molecule has 3 nitrogen and oxygen atoms in total. The van der Waals surface area contributed by atoms with Crippen LogP contribution in [0.15, 0.2) is 0 Å². The minimum atomic E-state index is 0.269. The van der Waals surface area contributed by atoms with Gasteiger partial charge in [0.15, 0.2) is 0 Å². The Morgan fingerprint density at radius 2 is 2.56 bits per heavy atom. The van der Waals surface area contributed by atoms with Gasteiger partial charge in [0.2, 0.25) is 0 Å². The van der Waals surface area contributed by atoms with Crippen molar-refractivity contribution in [3.63, 3.8) is 0 Å². The van der Waals surface area contributed by atoms with Crippen molar-refractivity contribution < 1.29 is 0 Å². The van der Waals surface area contributed by atoms with Crippen LogP contribution in [0, 0.1) is 0 Å². The maximum Gasteiger partial charge on any atom is 0.0446 e. The molecule has 2 heterocycles. The fourth-order valence-corrected chi connectivity index (χ4v) is 1.80. The molecule has 0 radical (unpaired) electrons. The van der Waals surface area contributed by atoms with Gasteiger partial charge in [-0.3, -0.25) is 0 Å². The Bertz CT molecular complexity index is 115. The largest absolute Gasteiger partial charge is 0.329 e. The number of fused-ring (bicyclic) bond motifs is 2. The van der Waals surface area contributed by atoms with Gasteiger partial charge in [-0.15, -0.1) is 0 Å². The number of rotatable bonds is 1. The fourth-order valence-electron chi connectivity index (χ4n) is 1.80. The predicted octanol–water partition coefficient (Wildman–Crippen LogP) is -1.35. The molecule has 2 aliphatic heterocycles. The lowest BCUT2D eigenvalue weighted by Crippen LogP contribution is -2.53. The van der Waals surface area contributed by atoms with E-state index in [4.69, 9.17) is 5.73 Å². The molecule has 2 bridgehead atoms. The standard InChI is InChI=1S/C6H13N3/c7-3-6-1-5(2-9-6)8-4-6/h5,8-9H,1-4,7H2/t5-,6+/m1/s1. The molecule has 0 unspecified atom stereocenters. The van der Waals surface area contributed by atoms with E-state index in [1.807, 2.05) is 0 Å². The van der Waals surface area contributed by atoms with E-state index >= 15 is 0 Å². The molecular weight excluding hydrogens is 114 g/mol. The van der Waals surface area contributed by atoms with E-state index in [0.717, 1.165) is 19.6 Å². The summed E-state index contributed by atoms with van der Waals surface area (Å²) in [5.41, 5.74) is 5.87. The normalized spacial score (nSPS) is 48.3. The molecule has 4 N–H and O–H groups in total. The number of hydrogen-bond acceptors (Lipinski definition) is 3. The lowest BCUT2D eigenvalue weighted by atomic mass is 10.0. The first-order chi connectivity index (χ1) is 4.35. The topological polar surface area (TPSA) is 50.1 Å². The van der Waals surface area contributed by atoms with Gasteiger partial charge in [-0.1, -0.05) is 0 Å². The first-order valence-corrected chi connectivity index (χ1v) is 3.53. The molecule has 0 spiro atoms. The van der Waals surface area contributed by atoms with Crippen LogP contribution >= 0.6 is 0 Å². The Balaban J connectivity index is 2.13. The molecular formula is C6H13N3. The Morgan fingerprint density at radius 3 is 2.78 bits per heavy atom. The highest BCUT2D eigenvalue weighted by atomic mass is 15.2. The first-order valence-electron chi connectivity index (χ1n) is 3.53. The van der Waals surface area contributed by atoms with Crippen LogP contribution in [-0.4, -0.2) is 31.2 Å². The number of nitrogens with two attached hydrogens (primary N) is 1. The summed E-state index contributed by atoms with van der Waals surface area (Å²) in [6, 6.07) is 0.702. The molecule has 0 saturated carbocycles. The molecule has 0 aliphatic carbocycles. The van der Waals surface area contributed by atoms with Gasteiger partial charge in [0.1, 0.15) is 0 Å². The summed E-state index contributed by atoms with van der Waals surface area (Å²) in [6.45, 7) is 2.95. The van der Waals surface area contributed by atoms with Crippen LogP contribution in [0.5, 0.6) is 0 Å². The molecule has 52 valence electrons. The molecule has 0 aromatic carbocycles. The summed E-state index contributed by atoms with van der Waals surface area (Å²) in [6.07, 6.45) is 1.23. The SMILES string of the molecule is NC[C@@]12CN[C@@H](CN1)C2. The van der Waals surface area contributed by atoms with E-state index in [9.17, 15) is 0 Å². The van der Waals surface area contributed by atoms with Gasteiger partial charge >= 0.3 is 0 Å². The lowest BCUT2D eigenvalue weighted by Gasteiger charge is -2.25. The number of nitrogens with one attached hydrogen (secondary N) is 2. The smallest absolute Gasteiger partial charge is 0.0446 e. The van der Waals surface area contributed by atoms with Crippen molar-refractivity contribution in [2.45, 2.75) is 18.0 Å². The van der Waals surface area contributed by atoms with Crippen LogP contribution in [-0.2, 0) is 0 Å². The van der Waals surface area contributed by atoms with Crippen LogP contribution < -0.4 is 16.4 Å². The highest BCUT2D eigenvalue weighted by Crippen LogP contribution is 2.23. The molecule has 2 fully saturated rings. The second-order valence-electron chi connectivity index (χ2n) is 3.15. The van der Waals surface area contributed by atoms with Gasteiger partial charge < -0.3 is 16.4 Å². The van der Waals surface area contributed by atoms with Crippen molar-refractivity contribution >= 4 is 0 Å². The zero-order chi connectivity index (χ0) is 6.32. The minimum absolute atomic E-state index is 0.269. The van der Waals surface area contributed by atoms with E-state index in [-0.39, 0.29) is 5.54 Å². The monoisotopic (exact) mass is 127 g/mol. The van der Waals surface area contributed by atoms with E-state index < -0.39 is 0 Å². The van der Waals surface area contributed by atoms with E-state index in [1.165, 1.54) is 6.42 Å².